The molecule has 0 radical (unpaired) electrons. The minimum absolute atomic E-state index is 0.117. The molecule has 3 atom stereocenters. The third-order valence-electron chi connectivity index (χ3n) is 5.44. The first kappa shape index (κ1) is 21.2. The molecule has 0 spiro atoms. The van der Waals surface area contributed by atoms with Crippen molar-refractivity contribution in [3.63, 3.8) is 0 Å². The molecular formula is C19H31N3O5. The van der Waals surface area contributed by atoms with Crippen LogP contribution in [0.3, 0.4) is 0 Å². The molecule has 152 valence electrons. The fourth-order valence-corrected chi connectivity index (χ4v) is 4.19. The van der Waals surface area contributed by atoms with Crippen molar-refractivity contribution in [2.45, 2.75) is 82.9 Å². The lowest BCUT2D eigenvalue weighted by atomic mass is 9.85. The van der Waals surface area contributed by atoms with Crippen LogP contribution < -0.4 is 16.4 Å². The number of rotatable bonds is 8. The molecule has 0 bridgehead atoms. The van der Waals surface area contributed by atoms with Crippen LogP contribution in [0.25, 0.3) is 0 Å². The molecule has 2 fully saturated rings. The summed E-state index contributed by atoms with van der Waals surface area (Å²) < 4.78 is 5.02. The number of hydrogen-bond acceptors (Lipinski definition) is 5. The molecule has 4 N–H and O–H groups in total. The second-order valence-corrected chi connectivity index (χ2v) is 8.43. The molecule has 0 aromatic rings. The van der Waals surface area contributed by atoms with Crippen LogP contribution in [0.5, 0.6) is 0 Å². The quantitative estimate of drug-likeness (QED) is 0.548. The van der Waals surface area contributed by atoms with Gasteiger partial charge in [0.2, 0.25) is 5.91 Å². The molecule has 3 unspecified atom stereocenters. The number of carbonyl (C=O) groups is 4. The Balaban J connectivity index is 1.95. The lowest BCUT2D eigenvalue weighted by Crippen LogP contribution is -2.46. The summed E-state index contributed by atoms with van der Waals surface area (Å²) in [4.78, 5) is 47.3. The SMILES string of the molecule is CC1(C)CC(CC(C=O)NC(=O)C(CC2CCCCC2)OC(N)=O)C(=O)N1. The fourth-order valence-electron chi connectivity index (χ4n) is 4.19. The summed E-state index contributed by atoms with van der Waals surface area (Å²) in [5.41, 5.74) is 4.79. The van der Waals surface area contributed by atoms with Crippen molar-refractivity contribution in [1.82, 2.24) is 10.6 Å². The fraction of sp³-hybridized carbons (Fsp3) is 0.789. The van der Waals surface area contributed by atoms with E-state index in [2.05, 4.69) is 10.6 Å². The zero-order chi connectivity index (χ0) is 20.0. The highest BCUT2D eigenvalue weighted by Crippen LogP contribution is 2.29. The molecule has 1 saturated heterocycles. The highest BCUT2D eigenvalue weighted by atomic mass is 16.6. The zero-order valence-corrected chi connectivity index (χ0v) is 16.2. The summed E-state index contributed by atoms with van der Waals surface area (Å²) in [5.74, 6) is -0.698. The Bertz CT molecular complexity index is 572. The molecule has 3 amide bonds. The molecule has 1 heterocycles. The van der Waals surface area contributed by atoms with Crippen LogP contribution in [-0.2, 0) is 19.1 Å². The third-order valence-corrected chi connectivity index (χ3v) is 5.44. The standard InChI is InChI=1S/C19H31N3O5/c1-19(2)10-13(16(24)22-19)9-14(11-23)21-17(25)15(27-18(20)26)8-12-6-4-3-5-7-12/h11-15H,3-10H2,1-2H3,(H2,20,26)(H,21,25)(H,22,24). The summed E-state index contributed by atoms with van der Waals surface area (Å²) in [6, 6.07) is -0.813. The van der Waals surface area contributed by atoms with E-state index < -0.39 is 24.1 Å². The number of primary amides is 1. The molecule has 8 heteroatoms. The van der Waals surface area contributed by atoms with E-state index >= 15 is 0 Å². The van der Waals surface area contributed by atoms with Gasteiger partial charge in [-0.15, -0.1) is 0 Å². The third kappa shape index (κ3) is 6.52. The van der Waals surface area contributed by atoms with E-state index in [4.69, 9.17) is 10.5 Å². The van der Waals surface area contributed by atoms with Gasteiger partial charge >= 0.3 is 6.09 Å². The van der Waals surface area contributed by atoms with Crippen molar-refractivity contribution < 1.29 is 23.9 Å². The van der Waals surface area contributed by atoms with Crippen molar-refractivity contribution in [1.29, 1.82) is 0 Å². The number of nitrogens with two attached hydrogens (primary N) is 1. The van der Waals surface area contributed by atoms with Crippen molar-refractivity contribution in [3.05, 3.63) is 0 Å². The Hall–Kier alpha value is -2.12. The van der Waals surface area contributed by atoms with Crippen molar-refractivity contribution in [3.8, 4) is 0 Å². The summed E-state index contributed by atoms with van der Waals surface area (Å²) in [6.07, 6.45) is 5.16. The monoisotopic (exact) mass is 381 g/mol. The van der Waals surface area contributed by atoms with Gasteiger partial charge < -0.3 is 25.9 Å². The van der Waals surface area contributed by atoms with Gasteiger partial charge in [-0.05, 0) is 39.0 Å². The highest BCUT2D eigenvalue weighted by Gasteiger charge is 2.39. The number of ether oxygens (including phenoxy) is 1. The molecule has 27 heavy (non-hydrogen) atoms. The maximum Gasteiger partial charge on any atom is 0.405 e. The Morgan fingerprint density at radius 3 is 2.48 bits per heavy atom. The predicted molar refractivity (Wildman–Crippen MR) is 98.6 cm³/mol. The van der Waals surface area contributed by atoms with E-state index in [1.54, 1.807) is 0 Å². The van der Waals surface area contributed by atoms with E-state index in [0.29, 0.717) is 25.0 Å². The molecule has 2 rings (SSSR count). The highest BCUT2D eigenvalue weighted by molar-refractivity contribution is 5.86. The van der Waals surface area contributed by atoms with E-state index in [1.807, 2.05) is 13.8 Å². The van der Waals surface area contributed by atoms with Gasteiger partial charge in [0.1, 0.15) is 6.29 Å². The predicted octanol–water partition coefficient (Wildman–Crippen LogP) is 1.41. The van der Waals surface area contributed by atoms with Gasteiger partial charge in [-0.1, -0.05) is 32.1 Å². The first-order chi connectivity index (χ1) is 12.7. The molecule has 1 saturated carbocycles. The average molecular weight is 381 g/mol. The first-order valence-corrected chi connectivity index (χ1v) is 9.74. The van der Waals surface area contributed by atoms with Crippen LogP contribution in [0.1, 0.15) is 65.2 Å². The lowest BCUT2D eigenvalue weighted by Gasteiger charge is -2.26. The van der Waals surface area contributed by atoms with Crippen LogP contribution in [0, 0.1) is 11.8 Å². The maximum absolute atomic E-state index is 12.6. The largest absolute Gasteiger partial charge is 0.436 e. The van der Waals surface area contributed by atoms with E-state index in [0.717, 1.165) is 25.7 Å². The number of nitrogens with one attached hydrogen (secondary N) is 2. The van der Waals surface area contributed by atoms with Crippen molar-refractivity contribution >= 4 is 24.2 Å². The molecule has 1 aliphatic carbocycles. The average Bonchev–Trinajstić information content (AvgIpc) is 2.85. The normalized spacial score (nSPS) is 24.5. The summed E-state index contributed by atoms with van der Waals surface area (Å²) in [6.45, 7) is 3.83. The van der Waals surface area contributed by atoms with Gasteiger partial charge in [0.25, 0.3) is 5.91 Å². The second kappa shape index (κ2) is 9.19. The Morgan fingerprint density at radius 2 is 1.96 bits per heavy atom. The van der Waals surface area contributed by atoms with Gasteiger partial charge in [-0.2, -0.15) is 0 Å². The Morgan fingerprint density at radius 1 is 1.30 bits per heavy atom. The number of amides is 3. The number of carbonyl (C=O) groups excluding carboxylic acids is 4. The van der Waals surface area contributed by atoms with Crippen LogP contribution in [0.4, 0.5) is 4.79 Å². The summed E-state index contributed by atoms with van der Waals surface area (Å²) in [7, 11) is 0. The summed E-state index contributed by atoms with van der Waals surface area (Å²) in [5, 5.41) is 5.49. The van der Waals surface area contributed by atoms with Gasteiger partial charge in [-0.3, -0.25) is 9.59 Å². The molecule has 2 aliphatic rings. The number of hydrogen-bond donors (Lipinski definition) is 3. The molecule has 1 aliphatic heterocycles. The lowest BCUT2D eigenvalue weighted by molar-refractivity contribution is -0.133. The van der Waals surface area contributed by atoms with Gasteiger partial charge in [0.05, 0.1) is 6.04 Å². The topological polar surface area (TPSA) is 128 Å². The van der Waals surface area contributed by atoms with E-state index in [9.17, 15) is 19.2 Å². The summed E-state index contributed by atoms with van der Waals surface area (Å²) >= 11 is 0. The van der Waals surface area contributed by atoms with Gasteiger partial charge in [0, 0.05) is 11.5 Å². The number of aldehydes is 1. The zero-order valence-electron chi connectivity index (χ0n) is 16.2. The van der Waals surface area contributed by atoms with Crippen LogP contribution in [-0.4, -0.2) is 41.9 Å². The van der Waals surface area contributed by atoms with Gasteiger partial charge in [0.15, 0.2) is 6.10 Å². The van der Waals surface area contributed by atoms with E-state index in [1.165, 1.54) is 6.42 Å². The Labute approximate surface area is 159 Å². The second-order valence-electron chi connectivity index (χ2n) is 8.43. The smallest absolute Gasteiger partial charge is 0.405 e. The molecule has 0 aromatic carbocycles. The van der Waals surface area contributed by atoms with Crippen LogP contribution in [0.2, 0.25) is 0 Å². The van der Waals surface area contributed by atoms with Gasteiger partial charge in [-0.25, -0.2) is 4.79 Å². The maximum atomic E-state index is 12.6. The molecular weight excluding hydrogens is 350 g/mol. The van der Waals surface area contributed by atoms with Crippen LogP contribution >= 0.6 is 0 Å². The van der Waals surface area contributed by atoms with Crippen LogP contribution in [0.15, 0.2) is 0 Å². The van der Waals surface area contributed by atoms with Crippen molar-refractivity contribution in [2.24, 2.45) is 17.6 Å². The van der Waals surface area contributed by atoms with E-state index in [-0.39, 0.29) is 23.8 Å². The molecule has 8 nitrogen and oxygen atoms in total. The molecule has 0 aromatic heterocycles. The minimum Gasteiger partial charge on any atom is -0.436 e. The minimum atomic E-state index is -1.01. The Kier molecular flexibility index (Phi) is 7.21. The van der Waals surface area contributed by atoms with Crippen molar-refractivity contribution in [2.75, 3.05) is 0 Å². The first-order valence-electron chi connectivity index (χ1n) is 9.74.